The van der Waals surface area contributed by atoms with Crippen molar-refractivity contribution >= 4 is 43.8 Å². The zero-order valence-electron chi connectivity index (χ0n) is 26.2. The average Bonchev–Trinajstić information content (AvgIpc) is 3.72. The van der Waals surface area contributed by atoms with Crippen LogP contribution in [0.15, 0.2) is 107 Å². The third kappa shape index (κ3) is 5.37. The van der Waals surface area contributed by atoms with Gasteiger partial charge in [-0.3, -0.25) is 14.1 Å². The van der Waals surface area contributed by atoms with Gasteiger partial charge in [0.15, 0.2) is 5.82 Å². The summed E-state index contributed by atoms with van der Waals surface area (Å²) in [5, 5.41) is 8.88. The van der Waals surface area contributed by atoms with E-state index >= 15 is 0 Å². The van der Waals surface area contributed by atoms with Crippen molar-refractivity contribution in [3.63, 3.8) is 0 Å². The van der Waals surface area contributed by atoms with E-state index in [1.165, 1.54) is 25.6 Å². The molecule has 13 nitrogen and oxygen atoms in total. The summed E-state index contributed by atoms with van der Waals surface area (Å²) >= 11 is 0. The minimum atomic E-state index is -3.97. The molecule has 242 valence electrons. The number of ether oxygens (including phenoxy) is 1. The van der Waals surface area contributed by atoms with E-state index in [0.717, 1.165) is 5.56 Å². The van der Waals surface area contributed by atoms with Crippen LogP contribution in [0.2, 0.25) is 0 Å². The van der Waals surface area contributed by atoms with Gasteiger partial charge in [0.1, 0.15) is 29.2 Å². The van der Waals surface area contributed by atoms with E-state index in [-0.39, 0.29) is 16.3 Å². The van der Waals surface area contributed by atoms with Crippen molar-refractivity contribution in [2.45, 2.75) is 24.8 Å². The number of nitrogens with zero attached hydrogens (tertiary/aromatic N) is 5. The molecule has 0 radical (unpaired) electrons. The van der Waals surface area contributed by atoms with Crippen LogP contribution in [0.5, 0.6) is 5.75 Å². The first-order valence-electron chi connectivity index (χ1n) is 15.0. The highest BCUT2D eigenvalue weighted by molar-refractivity contribution is 7.92. The molecule has 0 saturated carbocycles. The lowest BCUT2D eigenvalue weighted by atomic mass is 10.0. The van der Waals surface area contributed by atoms with Crippen LogP contribution in [0.4, 0.5) is 17.3 Å². The average molecular weight is 662 g/mol. The fourth-order valence-corrected chi connectivity index (χ4v) is 6.83. The Kier molecular flexibility index (Phi) is 7.56. The number of methoxy groups -OCH3 is 1. The van der Waals surface area contributed by atoms with Crippen LogP contribution in [0.1, 0.15) is 24.4 Å². The van der Waals surface area contributed by atoms with Gasteiger partial charge in [0.2, 0.25) is 0 Å². The van der Waals surface area contributed by atoms with Crippen molar-refractivity contribution in [2.75, 3.05) is 22.9 Å². The Morgan fingerprint density at radius 2 is 1.77 bits per heavy atom. The molecule has 0 aliphatic carbocycles. The molecule has 0 aliphatic heterocycles. The summed E-state index contributed by atoms with van der Waals surface area (Å²) in [7, 11) is -2.46. The number of aryl methyl sites for hydroxylation is 1. The number of nitrogen functional groups attached to an aromatic ring is 1. The predicted molar refractivity (Wildman–Crippen MR) is 185 cm³/mol. The molecule has 0 amide bonds. The van der Waals surface area contributed by atoms with Crippen molar-refractivity contribution in [3.05, 3.63) is 119 Å². The number of anilines is 3. The molecule has 0 spiro atoms. The molecule has 4 aromatic heterocycles. The van der Waals surface area contributed by atoms with Gasteiger partial charge < -0.3 is 20.8 Å². The van der Waals surface area contributed by atoms with Crippen LogP contribution in [0.3, 0.4) is 0 Å². The van der Waals surface area contributed by atoms with Crippen LogP contribution in [0.25, 0.3) is 33.2 Å². The summed E-state index contributed by atoms with van der Waals surface area (Å²) in [6, 6.07) is 22.0. The number of aromatic nitrogens is 6. The Morgan fingerprint density at radius 1 is 1.00 bits per heavy atom. The fourth-order valence-electron chi connectivity index (χ4n) is 5.76. The van der Waals surface area contributed by atoms with Gasteiger partial charge in [0, 0.05) is 23.3 Å². The second kappa shape index (κ2) is 11.9. The van der Waals surface area contributed by atoms with Gasteiger partial charge in [-0.15, -0.1) is 0 Å². The van der Waals surface area contributed by atoms with Crippen LogP contribution >= 0.6 is 0 Å². The molecule has 0 saturated heterocycles. The van der Waals surface area contributed by atoms with Gasteiger partial charge in [0.25, 0.3) is 15.6 Å². The largest absolute Gasteiger partial charge is 0.497 e. The molecule has 3 aromatic carbocycles. The quantitative estimate of drug-likeness (QED) is 0.160. The Balaban J connectivity index is 1.31. The second-order valence-electron chi connectivity index (χ2n) is 11.2. The fraction of sp³-hybridized carbons (Fsp3) is 0.118. The van der Waals surface area contributed by atoms with E-state index in [9.17, 15) is 13.2 Å². The predicted octanol–water partition coefficient (Wildman–Crippen LogP) is 5.30. The number of nitrogens with one attached hydrogen (secondary N) is 3. The number of rotatable bonds is 9. The van der Waals surface area contributed by atoms with Crippen molar-refractivity contribution < 1.29 is 13.2 Å². The Bertz CT molecular complexity index is 2470. The number of hydrogen-bond acceptors (Lipinski definition) is 9. The first-order chi connectivity index (χ1) is 23.1. The highest BCUT2D eigenvalue weighted by Crippen LogP contribution is 2.38. The first-order valence-corrected chi connectivity index (χ1v) is 16.4. The molecular weight excluding hydrogens is 630 g/mol. The molecule has 48 heavy (non-hydrogen) atoms. The first kappa shape index (κ1) is 30.5. The van der Waals surface area contributed by atoms with Gasteiger partial charge in [-0.05, 0) is 85.6 Å². The maximum Gasteiger partial charge on any atom is 0.282 e. The Hall–Kier alpha value is -6.15. The third-order valence-electron chi connectivity index (χ3n) is 8.12. The number of nitrogens with two attached hydrogens (primary N) is 1. The number of hydrogen-bond donors (Lipinski definition) is 4. The molecule has 7 rings (SSSR count). The van der Waals surface area contributed by atoms with Crippen LogP contribution in [0, 0.1) is 6.92 Å². The van der Waals surface area contributed by atoms with Gasteiger partial charge >= 0.3 is 0 Å². The molecule has 1 unspecified atom stereocenters. The van der Waals surface area contributed by atoms with Gasteiger partial charge in [-0.2, -0.15) is 5.10 Å². The molecule has 4 heterocycles. The monoisotopic (exact) mass is 661 g/mol. The van der Waals surface area contributed by atoms with Crippen molar-refractivity contribution in [2.24, 2.45) is 0 Å². The van der Waals surface area contributed by atoms with Crippen LogP contribution in [-0.4, -0.2) is 44.7 Å². The standard InChI is InChI=1S/C34H31N9O4S/c1-20-14-16-42-30(20)34(44)43(23-7-5-4-6-8-23)33(40-42)21(2)39-32-29(31(35)37-19-38-32)22-17-27-26(13-15-36-27)28(18-22)41-48(45,46)25-11-9-24(47-3)10-12-25/h4-19,21,36,41H,1-3H3,(H3,35,37,38,39). The van der Waals surface area contributed by atoms with E-state index in [2.05, 4.69) is 25.0 Å². The number of sulfonamides is 1. The zero-order chi connectivity index (χ0) is 33.6. The minimum Gasteiger partial charge on any atom is -0.497 e. The molecule has 14 heteroatoms. The van der Waals surface area contributed by atoms with E-state index in [1.54, 1.807) is 45.7 Å². The second-order valence-corrected chi connectivity index (χ2v) is 12.9. The van der Waals surface area contributed by atoms with Crippen LogP contribution in [-0.2, 0) is 10.0 Å². The third-order valence-corrected chi connectivity index (χ3v) is 9.50. The topological polar surface area (TPSA) is 174 Å². The lowest BCUT2D eigenvalue weighted by Crippen LogP contribution is -2.29. The zero-order valence-corrected chi connectivity index (χ0v) is 27.0. The van der Waals surface area contributed by atoms with E-state index in [4.69, 9.17) is 15.6 Å². The molecule has 0 fully saturated rings. The van der Waals surface area contributed by atoms with E-state index in [0.29, 0.717) is 56.3 Å². The van der Waals surface area contributed by atoms with Crippen molar-refractivity contribution in [1.29, 1.82) is 0 Å². The number of fused-ring (bicyclic) bond motifs is 2. The summed E-state index contributed by atoms with van der Waals surface area (Å²) < 4.78 is 38.0. The molecule has 7 aromatic rings. The summed E-state index contributed by atoms with van der Waals surface area (Å²) in [5.41, 5.74) is 10.2. The number of benzene rings is 3. The van der Waals surface area contributed by atoms with Gasteiger partial charge in [-0.25, -0.2) is 22.9 Å². The summed E-state index contributed by atoms with van der Waals surface area (Å²) in [6.45, 7) is 3.74. The normalized spacial score (nSPS) is 12.3. The summed E-state index contributed by atoms with van der Waals surface area (Å²) in [4.78, 5) is 25.9. The number of H-pyrrole nitrogens is 1. The van der Waals surface area contributed by atoms with Gasteiger partial charge in [0.05, 0.1) is 35.0 Å². The van der Waals surface area contributed by atoms with E-state index in [1.807, 2.05) is 56.3 Å². The SMILES string of the molecule is COc1ccc(S(=O)(=O)Nc2cc(-c3c(N)ncnc3NC(C)c3nn4ccc(C)c4c(=O)n3-c3ccccc3)cc3[nH]ccc23)cc1. The highest BCUT2D eigenvalue weighted by atomic mass is 32.2. The van der Waals surface area contributed by atoms with E-state index < -0.39 is 16.1 Å². The molecule has 5 N–H and O–H groups in total. The Morgan fingerprint density at radius 3 is 2.52 bits per heavy atom. The highest BCUT2D eigenvalue weighted by Gasteiger charge is 2.23. The summed E-state index contributed by atoms with van der Waals surface area (Å²) in [5.74, 6) is 1.50. The van der Waals surface area contributed by atoms with Crippen molar-refractivity contribution in [3.8, 4) is 22.6 Å². The molecule has 0 bridgehead atoms. The summed E-state index contributed by atoms with van der Waals surface area (Å²) in [6.07, 6.45) is 4.82. The van der Waals surface area contributed by atoms with Crippen molar-refractivity contribution in [1.82, 2.24) is 29.1 Å². The number of para-hydroxylation sites is 1. The molecular formula is C34H31N9O4S. The minimum absolute atomic E-state index is 0.0722. The van der Waals surface area contributed by atoms with Gasteiger partial charge in [-0.1, -0.05) is 18.2 Å². The number of aromatic amines is 1. The molecule has 0 aliphatic rings. The maximum atomic E-state index is 13.9. The Labute approximate surface area is 275 Å². The van der Waals surface area contributed by atoms with Crippen LogP contribution < -0.4 is 26.1 Å². The lowest BCUT2D eigenvalue weighted by Gasteiger charge is -2.21. The molecule has 1 atom stereocenters. The maximum absolute atomic E-state index is 13.9. The lowest BCUT2D eigenvalue weighted by molar-refractivity contribution is 0.414. The smallest absolute Gasteiger partial charge is 0.282 e.